The molecule has 3 nitrogen and oxygen atoms in total. The Balaban J connectivity index is 2.36. The molecule has 0 bridgehead atoms. The van der Waals surface area contributed by atoms with Gasteiger partial charge in [0.15, 0.2) is 5.16 Å². The molecule has 96 valence electrons. The molecule has 0 aliphatic rings. The number of aryl methyl sites for hydroxylation is 1. The van der Waals surface area contributed by atoms with Gasteiger partial charge in [0, 0.05) is 29.7 Å². The average Bonchev–Trinajstić information content (AvgIpc) is 2.30. The fourth-order valence-corrected chi connectivity index (χ4v) is 2.47. The lowest BCUT2D eigenvalue weighted by Crippen LogP contribution is -2.32. The highest BCUT2D eigenvalue weighted by molar-refractivity contribution is 7.99. The second-order valence-corrected chi connectivity index (χ2v) is 5.74. The molecule has 1 N–H and O–H groups in total. The molecular formula is C13H23N3S. The van der Waals surface area contributed by atoms with Crippen molar-refractivity contribution < 1.29 is 0 Å². The van der Waals surface area contributed by atoms with Gasteiger partial charge in [-0.1, -0.05) is 32.5 Å². The summed E-state index contributed by atoms with van der Waals surface area (Å²) < 4.78 is 0. The summed E-state index contributed by atoms with van der Waals surface area (Å²) in [6.07, 6.45) is 4.20. The summed E-state index contributed by atoms with van der Waals surface area (Å²) in [6, 6.07) is 2.56. The second kappa shape index (κ2) is 7.67. The van der Waals surface area contributed by atoms with Gasteiger partial charge in [-0.3, -0.25) is 0 Å². The molecule has 0 fully saturated rings. The van der Waals surface area contributed by atoms with E-state index >= 15 is 0 Å². The number of hydrogen-bond acceptors (Lipinski definition) is 4. The molecule has 0 aromatic carbocycles. The number of thioether (sulfide) groups is 1. The second-order valence-electron chi connectivity index (χ2n) is 4.33. The van der Waals surface area contributed by atoms with Gasteiger partial charge in [0.05, 0.1) is 0 Å². The largest absolute Gasteiger partial charge is 0.313 e. The van der Waals surface area contributed by atoms with Crippen molar-refractivity contribution in [1.29, 1.82) is 0 Å². The predicted octanol–water partition coefficient (Wildman–Crippen LogP) is 3.04. The van der Waals surface area contributed by atoms with E-state index in [1.165, 1.54) is 12.8 Å². The molecule has 0 spiro atoms. The lowest BCUT2D eigenvalue weighted by molar-refractivity contribution is 0.487. The Labute approximate surface area is 109 Å². The molecule has 1 aromatic rings. The maximum absolute atomic E-state index is 4.40. The lowest BCUT2D eigenvalue weighted by Gasteiger charge is -2.17. The molecule has 1 rings (SSSR count). The van der Waals surface area contributed by atoms with Crippen LogP contribution in [0.25, 0.3) is 0 Å². The van der Waals surface area contributed by atoms with E-state index in [-0.39, 0.29) is 0 Å². The first-order valence-corrected chi connectivity index (χ1v) is 7.23. The highest BCUT2D eigenvalue weighted by Crippen LogP contribution is 2.18. The first-order chi connectivity index (χ1) is 8.15. The van der Waals surface area contributed by atoms with E-state index in [0.29, 0.717) is 11.3 Å². The Bertz CT molecular complexity index is 326. The van der Waals surface area contributed by atoms with Gasteiger partial charge in [-0.25, -0.2) is 9.97 Å². The van der Waals surface area contributed by atoms with Gasteiger partial charge in [0.25, 0.3) is 0 Å². The van der Waals surface area contributed by atoms with Crippen LogP contribution >= 0.6 is 11.8 Å². The first-order valence-electron chi connectivity index (χ1n) is 6.35. The molecule has 4 heteroatoms. The summed E-state index contributed by atoms with van der Waals surface area (Å²) in [5.41, 5.74) is 1.03. The molecule has 1 atom stereocenters. The topological polar surface area (TPSA) is 37.8 Å². The van der Waals surface area contributed by atoms with Crippen LogP contribution in [0.2, 0.25) is 0 Å². The minimum absolute atomic E-state index is 0.498. The zero-order chi connectivity index (χ0) is 12.7. The van der Waals surface area contributed by atoms with E-state index < -0.39 is 0 Å². The first kappa shape index (κ1) is 14.5. The van der Waals surface area contributed by atoms with Crippen molar-refractivity contribution in [3.8, 4) is 0 Å². The lowest BCUT2D eigenvalue weighted by atomic mass is 10.2. The van der Waals surface area contributed by atoms with Crippen LogP contribution in [0, 0.1) is 6.92 Å². The van der Waals surface area contributed by atoms with Crippen molar-refractivity contribution in [3.63, 3.8) is 0 Å². The van der Waals surface area contributed by atoms with E-state index in [0.717, 1.165) is 17.4 Å². The van der Waals surface area contributed by atoms with Crippen LogP contribution in [0.3, 0.4) is 0 Å². The van der Waals surface area contributed by atoms with Crippen LogP contribution in [0.15, 0.2) is 17.4 Å². The zero-order valence-electron chi connectivity index (χ0n) is 11.2. The highest BCUT2D eigenvalue weighted by atomic mass is 32.2. The molecule has 1 aromatic heterocycles. The smallest absolute Gasteiger partial charge is 0.188 e. The highest BCUT2D eigenvalue weighted by Gasteiger charge is 2.09. The van der Waals surface area contributed by atoms with Gasteiger partial charge < -0.3 is 5.32 Å². The van der Waals surface area contributed by atoms with Crippen LogP contribution in [0.4, 0.5) is 0 Å². The molecule has 0 amide bonds. The van der Waals surface area contributed by atoms with E-state index in [1.807, 2.05) is 19.2 Å². The maximum Gasteiger partial charge on any atom is 0.188 e. The summed E-state index contributed by atoms with van der Waals surface area (Å²) in [5, 5.41) is 4.95. The minimum Gasteiger partial charge on any atom is -0.313 e. The number of rotatable bonds is 7. The number of nitrogens with one attached hydrogen (secondary N) is 1. The monoisotopic (exact) mass is 253 g/mol. The van der Waals surface area contributed by atoms with Crippen molar-refractivity contribution >= 4 is 11.8 Å². The van der Waals surface area contributed by atoms with Crippen LogP contribution in [-0.4, -0.2) is 27.8 Å². The zero-order valence-corrected chi connectivity index (χ0v) is 12.0. The summed E-state index contributed by atoms with van der Waals surface area (Å²) in [5.74, 6) is 0. The van der Waals surface area contributed by atoms with Crippen LogP contribution in [0.1, 0.15) is 39.3 Å². The van der Waals surface area contributed by atoms with Crippen molar-refractivity contribution in [2.24, 2.45) is 0 Å². The molecule has 0 aliphatic carbocycles. The normalized spacial score (nSPS) is 13.0. The predicted molar refractivity (Wildman–Crippen MR) is 74.5 cm³/mol. The quantitative estimate of drug-likeness (QED) is 0.599. The third-order valence-corrected chi connectivity index (χ3v) is 3.74. The van der Waals surface area contributed by atoms with Gasteiger partial charge in [-0.15, -0.1) is 0 Å². The Morgan fingerprint density at radius 2 is 2.06 bits per heavy atom. The van der Waals surface area contributed by atoms with Gasteiger partial charge >= 0.3 is 0 Å². The molecular weight excluding hydrogens is 230 g/mol. The van der Waals surface area contributed by atoms with Gasteiger partial charge in [-0.05, 0) is 25.8 Å². The summed E-state index contributed by atoms with van der Waals surface area (Å²) in [4.78, 5) is 8.68. The van der Waals surface area contributed by atoms with Crippen LogP contribution in [0.5, 0.6) is 0 Å². The fraction of sp³-hybridized carbons (Fsp3) is 0.692. The fourth-order valence-electron chi connectivity index (χ4n) is 1.61. The van der Waals surface area contributed by atoms with Crippen LogP contribution in [-0.2, 0) is 0 Å². The third kappa shape index (κ3) is 5.50. The van der Waals surface area contributed by atoms with E-state index in [4.69, 9.17) is 0 Å². The third-order valence-electron chi connectivity index (χ3n) is 2.76. The Kier molecular flexibility index (Phi) is 6.52. The van der Waals surface area contributed by atoms with Gasteiger partial charge in [0.1, 0.15) is 0 Å². The van der Waals surface area contributed by atoms with E-state index in [1.54, 1.807) is 11.8 Å². The van der Waals surface area contributed by atoms with Gasteiger partial charge in [-0.2, -0.15) is 0 Å². The minimum atomic E-state index is 0.498. The summed E-state index contributed by atoms with van der Waals surface area (Å²) >= 11 is 1.74. The average molecular weight is 253 g/mol. The van der Waals surface area contributed by atoms with Crippen LogP contribution < -0.4 is 5.32 Å². The molecule has 17 heavy (non-hydrogen) atoms. The maximum atomic E-state index is 4.40. The van der Waals surface area contributed by atoms with Crippen molar-refractivity contribution in [2.75, 3.05) is 6.54 Å². The summed E-state index contributed by atoms with van der Waals surface area (Å²) in [7, 11) is 0. The number of aromatic nitrogens is 2. The molecule has 0 radical (unpaired) electrons. The Morgan fingerprint density at radius 3 is 2.65 bits per heavy atom. The van der Waals surface area contributed by atoms with E-state index in [9.17, 15) is 0 Å². The standard InChI is InChI=1S/C13H23N3S/c1-5-12(6-2)15-9-11(4)17-13-14-8-7-10(3)16-13/h7-8,11-12,15H,5-6,9H2,1-4H3. The number of hydrogen-bond donors (Lipinski definition) is 1. The number of nitrogens with zero attached hydrogens (tertiary/aromatic N) is 2. The van der Waals surface area contributed by atoms with Gasteiger partial charge in [0.2, 0.25) is 0 Å². The summed E-state index contributed by atoms with van der Waals surface area (Å²) in [6.45, 7) is 9.67. The van der Waals surface area contributed by atoms with Crippen molar-refractivity contribution in [1.82, 2.24) is 15.3 Å². The Morgan fingerprint density at radius 1 is 1.35 bits per heavy atom. The Hall–Kier alpha value is -0.610. The molecule has 1 heterocycles. The van der Waals surface area contributed by atoms with E-state index in [2.05, 4.69) is 36.1 Å². The molecule has 0 saturated carbocycles. The molecule has 1 unspecified atom stereocenters. The molecule has 0 saturated heterocycles. The molecule has 0 aliphatic heterocycles. The van der Waals surface area contributed by atoms with Crippen molar-refractivity contribution in [2.45, 2.75) is 57.0 Å². The SMILES string of the molecule is CCC(CC)NCC(C)Sc1nccc(C)n1. The van der Waals surface area contributed by atoms with Crippen molar-refractivity contribution in [3.05, 3.63) is 18.0 Å².